The Hall–Kier alpha value is -3.02. The van der Waals surface area contributed by atoms with Gasteiger partial charge in [-0.05, 0) is 29.8 Å². The van der Waals surface area contributed by atoms with Gasteiger partial charge in [-0.2, -0.15) is 0 Å². The maximum absolute atomic E-state index is 13.0. The number of anilines is 1. The van der Waals surface area contributed by atoms with Crippen LogP contribution in [0.5, 0.6) is 0 Å². The average Bonchev–Trinajstić information content (AvgIpc) is 2.45. The Bertz CT molecular complexity index is 714. The van der Waals surface area contributed by atoms with Crippen LogP contribution in [0.4, 0.5) is 10.1 Å². The number of pyridine rings is 1. The highest BCUT2D eigenvalue weighted by molar-refractivity contribution is 6.04. The minimum Gasteiger partial charge on any atom is -0.478 e. The van der Waals surface area contributed by atoms with Gasteiger partial charge in [0.25, 0.3) is 5.91 Å². The van der Waals surface area contributed by atoms with Crippen molar-refractivity contribution >= 4 is 23.6 Å². The van der Waals surface area contributed by atoms with Crippen LogP contribution in [0.25, 0.3) is 6.08 Å². The van der Waals surface area contributed by atoms with E-state index >= 15 is 0 Å². The van der Waals surface area contributed by atoms with Crippen molar-refractivity contribution in [2.24, 2.45) is 0 Å². The number of aliphatic carboxylic acids is 1. The van der Waals surface area contributed by atoms with E-state index in [-0.39, 0.29) is 5.56 Å². The van der Waals surface area contributed by atoms with Gasteiger partial charge in [-0.1, -0.05) is 12.1 Å². The third-order valence-corrected chi connectivity index (χ3v) is 2.53. The predicted octanol–water partition coefficient (Wildman–Crippen LogP) is 2.57. The number of carboxylic acid groups (broad SMARTS) is 1. The number of rotatable bonds is 4. The molecule has 1 amide bonds. The molecule has 1 aromatic heterocycles. The van der Waals surface area contributed by atoms with E-state index in [1.807, 2.05) is 0 Å². The van der Waals surface area contributed by atoms with E-state index in [9.17, 15) is 14.0 Å². The van der Waals surface area contributed by atoms with Crippen LogP contribution >= 0.6 is 0 Å². The SMILES string of the molecule is O=C(O)/C=C/c1cccc(NC(=O)c2cncc(F)c2)c1. The molecule has 0 atom stereocenters. The third kappa shape index (κ3) is 4.24. The summed E-state index contributed by atoms with van der Waals surface area (Å²) >= 11 is 0. The van der Waals surface area contributed by atoms with E-state index in [1.54, 1.807) is 24.3 Å². The lowest BCUT2D eigenvalue weighted by molar-refractivity contribution is -0.131. The van der Waals surface area contributed by atoms with Crippen molar-refractivity contribution in [2.75, 3.05) is 5.32 Å². The van der Waals surface area contributed by atoms with Gasteiger partial charge in [0.2, 0.25) is 0 Å². The molecule has 0 saturated heterocycles. The Morgan fingerprint density at radius 1 is 1.24 bits per heavy atom. The highest BCUT2D eigenvalue weighted by Crippen LogP contribution is 2.13. The van der Waals surface area contributed by atoms with Gasteiger partial charge in [0.1, 0.15) is 5.82 Å². The maximum Gasteiger partial charge on any atom is 0.328 e. The lowest BCUT2D eigenvalue weighted by Gasteiger charge is -2.05. The summed E-state index contributed by atoms with van der Waals surface area (Å²) in [5.74, 6) is -2.16. The quantitative estimate of drug-likeness (QED) is 0.847. The number of carbonyl (C=O) groups excluding carboxylic acids is 1. The summed E-state index contributed by atoms with van der Waals surface area (Å²) in [7, 11) is 0. The fourth-order valence-corrected chi connectivity index (χ4v) is 1.63. The van der Waals surface area contributed by atoms with Gasteiger partial charge in [-0.25, -0.2) is 9.18 Å². The number of aromatic nitrogens is 1. The van der Waals surface area contributed by atoms with Gasteiger partial charge < -0.3 is 10.4 Å². The van der Waals surface area contributed by atoms with Crippen LogP contribution in [0.2, 0.25) is 0 Å². The normalized spacial score (nSPS) is 10.5. The molecule has 0 aliphatic heterocycles. The number of benzene rings is 1. The van der Waals surface area contributed by atoms with Gasteiger partial charge in [0.05, 0.1) is 11.8 Å². The molecule has 1 aromatic carbocycles. The molecule has 0 bridgehead atoms. The zero-order valence-electron chi connectivity index (χ0n) is 10.8. The molecule has 0 radical (unpaired) electrons. The summed E-state index contributed by atoms with van der Waals surface area (Å²) < 4.78 is 13.0. The second-order valence-electron chi connectivity index (χ2n) is 4.14. The van der Waals surface area contributed by atoms with Crippen LogP contribution in [0.3, 0.4) is 0 Å². The van der Waals surface area contributed by atoms with E-state index in [1.165, 1.54) is 12.3 Å². The van der Waals surface area contributed by atoms with Gasteiger partial charge >= 0.3 is 5.97 Å². The maximum atomic E-state index is 13.0. The van der Waals surface area contributed by atoms with Crippen molar-refractivity contribution in [2.45, 2.75) is 0 Å². The molecule has 0 saturated carbocycles. The first-order chi connectivity index (χ1) is 10.0. The Morgan fingerprint density at radius 2 is 2.05 bits per heavy atom. The molecule has 0 aliphatic carbocycles. The van der Waals surface area contributed by atoms with Crippen LogP contribution in [0.15, 0.2) is 48.8 Å². The molecular weight excluding hydrogens is 275 g/mol. The van der Waals surface area contributed by atoms with E-state index in [0.717, 1.165) is 18.3 Å². The summed E-state index contributed by atoms with van der Waals surface area (Å²) in [6.07, 6.45) is 4.67. The Labute approximate surface area is 119 Å². The number of carboxylic acids is 1. The van der Waals surface area contributed by atoms with Gasteiger partial charge in [-0.15, -0.1) is 0 Å². The van der Waals surface area contributed by atoms with Crippen molar-refractivity contribution in [3.05, 3.63) is 65.7 Å². The van der Waals surface area contributed by atoms with E-state index in [4.69, 9.17) is 5.11 Å². The molecule has 2 aromatic rings. The highest BCUT2D eigenvalue weighted by Gasteiger charge is 2.07. The number of nitrogens with one attached hydrogen (secondary N) is 1. The van der Waals surface area contributed by atoms with E-state index < -0.39 is 17.7 Å². The zero-order valence-corrected chi connectivity index (χ0v) is 10.8. The first-order valence-corrected chi connectivity index (χ1v) is 5.97. The van der Waals surface area contributed by atoms with Gasteiger partial charge in [0, 0.05) is 18.0 Å². The first-order valence-electron chi connectivity index (χ1n) is 5.97. The molecule has 6 heteroatoms. The molecule has 2 N–H and O–H groups in total. The fraction of sp³-hybridized carbons (Fsp3) is 0. The summed E-state index contributed by atoms with van der Waals surface area (Å²) in [6.45, 7) is 0. The monoisotopic (exact) mass is 286 g/mol. The lowest BCUT2D eigenvalue weighted by Crippen LogP contribution is -2.12. The summed E-state index contributed by atoms with van der Waals surface area (Å²) in [6, 6.07) is 7.68. The molecule has 0 unspecified atom stereocenters. The molecule has 0 aliphatic rings. The Kier molecular flexibility index (Phi) is 4.40. The molecule has 2 rings (SSSR count). The summed E-state index contributed by atoms with van der Waals surface area (Å²) in [5, 5.41) is 11.2. The van der Waals surface area contributed by atoms with Crippen molar-refractivity contribution < 1.29 is 19.1 Å². The van der Waals surface area contributed by atoms with E-state index in [2.05, 4.69) is 10.3 Å². The number of halogens is 1. The van der Waals surface area contributed by atoms with Crippen molar-refractivity contribution in [3.8, 4) is 0 Å². The fourth-order valence-electron chi connectivity index (χ4n) is 1.63. The van der Waals surface area contributed by atoms with Crippen LogP contribution in [0.1, 0.15) is 15.9 Å². The number of nitrogens with zero attached hydrogens (tertiary/aromatic N) is 1. The highest BCUT2D eigenvalue weighted by atomic mass is 19.1. The molecule has 21 heavy (non-hydrogen) atoms. The second kappa shape index (κ2) is 6.42. The summed E-state index contributed by atoms with van der Waals surface area (Å²) in [4.78, 5) is 26.0. The Morgan fingerprint density at radius 3 is 2.76 bits per heavy atom. The average molecular weight is 286 g/mol. The molecule has 5 nitrogen and oxygen atoms in total. The molecule has 0 fully saturated rings. The van der Waals surface area contributed by atoms with Crippen molar-refractivity contribution in [1.82, 2.24) is 4.98 Å². The number of hydrogen-bond acceptors (Lipinski definition) is 3. The van der Waals surface area contributed by atoms with Gasteiger partial charge in [-0.3, -0.25) is 9.78 Å². The lowest BCUT2D eigenvalue weighted by atomic mass is 10.1. The zero-order chi connectivity index (χ0) is 15.2. The summed E-state index contributed by atoms with van der Waals surface area (Å²) in [5.41, 5.74) is 1.19. The minimum absolute atomic E-state index is 0.0986. The van der Waals surface area contributed by atoms with Gasteiger partial charge in [0.15, 0.2) is 0 Å². The smallest absolute Gasteiger partial charge is 0.328 e. The number of hydrogen-bond donors (Lipinski definition) is 2. The van der Waals surface area contributed by atoms with E-state index in [0.29, 0.717) is 11.3 Å². The third-order valence-electron chi connectivity index (χ3n) is 2.53. The van der Waals surface area contributed by atoms with Crippen molar-refractivity contribution in [3.63, 3.8) is 0 Å². The largest absolute Gasteiger partial charge is 0.478 e. The number of amides is 1. The van der Waals surface area contributed by atoms with Crippen LogP contribution in [-0.2, 0) is 4.79 Å². The first kappa shape index (κ1) is 14.4. The van der Waals surface area contributed by atoms with Crippen LogP contribution < -0.4 is 5.32 Å². The second-order valence-corrected chi connectivity index (χ2v) is 4.14. The van der Waals surface area contributed by atoms with Crippen molar-refractivity contribution in [1.29, 1.82) is 0 Å². The van der Waals surface area contributed by atoms with Crippen LogP contribution in [-0.4, -0.2) is 22.0 Å². The number of carbonyl (C=O) groups is 2. The standard InChI is InChI=1S/C15H11FN2O3/c16-12-7-11(8-17-9-12)15(21)18-13-3-1-2-10(6-13)4-5-14(19)20/h1-9H,(H,18,21)(H,19,20)/b5-4+. The minimum atomic E-state index is -1.06. The Balaban J connectivity index is 2.14. The molecule has 106 valence electrons. The molecule has 0 spiro atoms. The molecule has 1 heterocycles. The predicted molar refractivity (Wildman–Crippen MR) is 75.3 cm³/mol. The van der Waals surface area contributed by atoms with Crippen LogP contribution in [0, 0.1) is 5.82 Å². The molecular formula is C15H11FN2O3. The topological polar surface area (TPSA) is 79.3 Å².